The van der Waals surface area contributed by atoms with Gasteiger partial charge in [0.05, 0.1) is 11.2 Å². The number of benzene rings is 1. The topological polar surface area (TPSA) is 80.1 Å². The van der Waals surface area contributed by atoms with Crippen LogP contribution in [0.5, 0.6) is 0 Å². The van der Waals surface area contributed by atoms with Crippen molar-refractivity contribution in [2.45, 2.75) is 33.2 Å². The number of aryl methyl sites for hydroxylation is 1. The predicted molar refractivity (Wildman–Crippen MR) is 132 cm³/mol. The average molecular weight is 494 g/mol. The van der Waals surface area contributed by atoms with Crippen molar-refractivity contribution in [3.8, 4) is 11.8 Å². The number of rotatable bonds is 4. The lowest BCUT2D eigenvalue weighted by atomic mass is 9.97. The van der Waals surface area contributed by atoms with Crippen molar-refractivity contribution >= 4 is 29.2 Å². The van der Waals surface area contributed by atoms with Crippen molar-refractivity contribution in [2.75, 3.05) is 18.4 Å². The number of carbonyl (C=O) groups excluding carboxylic acids is 2. The number of nitrogens with zero attached hydrogens (tertiary/aromatic N) is 4. The highest BCUT2D eigenvalue weighted by Gasteiger charge is 2.25. The minimum atomic E-state index is -0.400. The molecule has 0 saturated carbocycles. The number of hydrogen-bond donors (Lipinski definition) is 1. The normalized spacial score (nSPS) is 13.8. The molecule has 2 amide bonds. The standard InChI is InChI=1S/C26H25ClFN5O2/c1-17-12-21(7-6-19-4-3-5-22(28)13-19)14-29-25(17)31-26(35)24-23(27)15-30-33(24)16-20-8-10-32(11-9-20)18(2)34/h3-5,12-15,20H,8-11,16H2,1-2H3,(H,29,31,35). The van der Waals surface area contributed by atoms with Crippen molar-refractivity contribution in [3.05, 3.63) is 75.9 Å². The molecule has 0 unspecified atom stereocenters. The van der Waals surface area contributed by atoms with Gasteiger partial charge in [0.15, 0.2) is 0 Å². The van der Waals surface area contributed by atoms with E-state index in [-0.39, 0.29) is 22.4 Å². The van der Waals surface area contributed by atoms with Crippen LogP contribution in [0.15, 0.2) is 42.7 Å². The van der Waals surface area contributed by atoms with Gasteiger partial charge in [0.2, 0.25) is 5.91 Å². The predicted octanol–water partition coefficient (Wildman–Crippen LogP) is 4.29. The number of hydrogen-bond acceptors (Lipinski definition) is 4. The zero-order valence-corrected chi connectivity index (χ0v) is 20.3. The molecule has 4 rings (SSSR count). The highest BCUT2D eigenvalue weighted by atomic mass is 35.5. The zero-order valence-electron chi connectivity index (χ0n) is 19.5. The van der Waals surface area contributed by atoms with Crippen molar-refractivity contribution in [1.82, 2.24) is 19.7 Å². The second-order valence-electron chi connectivity index (χ2n) is 8.58. The molecular formula is C26H25ClFN5O2. The van der Waals surface area contributed by atoms with Crippen molar-refractivity contribution < 1.29 is 14.0 Å². The van der Waals surface area contributed by atoms with Gasteiger partial charge in [0.1, 0.15) is 17.3 Å². The van der Waals surface area contributed by atoms with Gasteiger partial charge >= 0.3 is 0 Å². The van der Waals surface area contributed by atoms with Crippen LogP contribution in [0.2, 0.25) is 5.02 Å². The second-order valence-corrected chi connectivity index (χ2v) is 8.98. The molecule has 1 aliphatic rings. The lowest BCUT2D eigenvalue weighted by Gasteiger charge is -2.31. The number of nitrogens with one attached hydrogen (secondary N) is 1. The Bertz CT molecular complexity index is 1320. The minimum Gasteiger partial charge on any atom is -0.343 e. The third-order valence-electron chi connectivity index (χ3n) is 5.99. The van der Waals surface area contributed by atoms with Gasteiger partial charge in [-0.1, -0.05) is 29.5 Å². The summed E-state index contributed by atoms with van der Waals surface area (Å²) >= 11 is 6.30. The Kier molecular flexibility index (Phi) is 7.47. The first-order chi connectivity index (χ1) is 16.8. The van der Waals surface area contributed by atoms with E-state index in [1.807, 2.05) is 11.8 Å². The number of amides is 2. The molecule has 1 aromatic carbocycles. The fraction of sp³-hybridized carbons (Fsp3) is 0.308. The molecule has 3 heterocycles. The van der Waals surface area contributed by atoms with Crippen molar-refractivity contribution in [3.63, 3.8) is 0 Å². The molecule has 0 spiro atoms. The Balaban J connectivity index is 1.44. The lowest BCUT2D eigenvalue weighted by Crippen LogP contribution is -2.38. The van der Waals surface area contributed by atoms with E-state index in [9.17, 15) is 14.0 Å². The minimum absolute atomic E-state index is 0.0829. The second kappa shape index (κ2) is 10.7. The van der Waals surface area contributed by atoms with Gasteiger partial charge < -0.3 is 10.2 Å². The summed E-state index contributed by atoms with van der Waals surface area (Å²) < 4.78 is 15.0. The summed E-state index contributed by atoms with van der Waals surface area (Å²) in [5, 5.41) is 7.38. The molecular weight excluding hydrogens is 469 g/mol. The Morgan fingerprint density at radius 2 is 1.91 bits per heavy atom. The Labute approximate surface area is 208 Å². The van der Waals surface area contributed by atoms with Gasteiger partial charge in [-0.05, 0) is 55.5 Å². The van der Waals surface area contributed by atoms with Gasteiger partial charge in [-0.3, -0.25) is 14.3 Å². The molecule has 1 saturated heterocycles. The molecule has 0 aliphatic carbocycles. The summed E-state index contributed by atoms with van der Waals surface area (Å²) in [6.07, 6.45) is 4.71. The maximum atomic E-state index is 13.3. The number of carbonyl (C=O) groups is 2. The van der Waals surface area contributed by atoms with E-state index in [0.717, 1.165) is 18.4 Å². The summed E-state index contributed by atoms with van der Waals surface area (Å²) in [4.78, 5) is 30.8. The van der Waals surface area contributed by atoms with E-state index in [4.69, 9.17) is 11.6 Å². The monoisotopic (exact) mass is 493 g/mol. The number of anilines is 1. The van der Waals surface area contributed by atoms with Gasteiger partial charge in [0, 0.05) is 43.9 Å². The molecule has 0 radical (unpaired) electrons. The van der Waals surface area contributed by atoms with Gasteiger partial charge in [-0.2, -0.15) is 5.10 Å². The molecule has 180 valence electrons. The van der Waals surface area contributed by atoms with Gasteiger partial charge in [0.25, 0.3) is 5.91 Å². The molecule has 1 N–H and O–H groups in total. The van der Waals surface area contributed by atoms with Crippen LogP contribution < -0.4 is 5.32 Å². The first-order valence-electron chi connectivity index (χ1n) is 11.3. The van der Waals surface area contributed by atoms with E-state index in [2.05, 4.69) is 27.2 Å². The van der Waals surface area contributed by atoms with Crippen LogP contribution in [0.25, 0.3) is 0 Å². The maximum absolute atomic E-state index is 13.3. The third-order valence-corrected chi connectivity index (χ3v) is 6.26. The van der Waals surface area contributed by atoms with E-state index >= 15 is 0 Å². The summed E-state index contributed by atoms with van der Waals surface area (Å²) in [6, 6.07) is 7.86. The number of likely N-dealkylation sites (tertiary alicyclic amines) is 1. The van der Waals surface area contributed by atoms with Crippen LogP contribution in [0.3, 0.4) is 0 Å². The van der Waals surface area contributed by atoms with E-state index in [0.29, 0.717) is 42.5 Å². The summed E-state index contributed by atoms with van der Waals surface area (Å²) in [6.45, 7) is 5.34. The summed E-state index contributed by atoms with van der Waals surface area (Å²) in [5.41, 5.74) is 2.21. The molecule has 35 heavy (non-hydrogen) atoms. The SMILES string of the molecule is CC(=O)N1CCC(Cn2ncc(Cl)c2C(=O)Nc2ncc(C#Cc3cccc(F)c3)cc2C)CC1. The van der Waals surface area contributed by atoms with Gasteiger partial charge in [-0.15, -0.1) is 0 Å². The van der Waals surface area contributed by atoms with Crippen LogP contribution in [-0.4, -0.2) is 44.6 Å². The van der Waals surface area contributed by atoms with E-state index in [1.165, 1.54) is 18.3 Å². The molecule has 0 bridgehead atoms. The van der Waals surface area contributed by atoms with Crippen LogP contribution in [0.4, 0.5) is 10.2 Å². The Morgan fingerprint density at radius 3 is 2.60 bits per heavy atom. The summed E-state index contributed by atoms with van der Waals surface area (Å²) in [7, 11) is 0. The number of piperidine rings is 1. The first-order valence-corrected chi connectivity index (χ1v) is 11.7. The third kappa shape index (κ3) is 6.06. The molecule has 7 nitrogen and oxygen atoms in total. The molecule has 0 atom stereocenters. The Hall–Kier alpha value is -3.70. The smallest absolute Gasteiger partial charge is 0.276 e. The number of halogens is 2. The molecule has 2 aromatic heterocycles. The van der Waals surface area contributed by atoms with E-state index in [1.54, 1.807) is 36.0 Å². The zero-order chi connectivity index (χ0) is 24.9. The average Bonchev–Trinajstić information content (AvgIpc) is 3.19. The highest BCUT2D eigenvalue weighted by molar-refractivity contribution is 6.34. The molecule has 1 aliphatic heterocycles. The van der Waals surface area contributed by atoms with Gasteiger partial charge in [-0.25, -0.2) is 9.37 Å². The van der Waals surface area contributed by atoms with Crippen molar-refractivity contribution in [2.24, 2.45) is 5.92 Å². The van der Waals surface area contributed by atoms with E-state index < -0.39 is 5.91 Å². The number of pyridine rings is 1. The van der Waals surface area contributed by atoms with Crippen LogP contribution in [0, 0.1) is 30.5 Å². The number of aromatic nitrogens is 3. The summed E-state index contributed by atoms with van der Waals surface area (Å²) in [5.74, 6) is 5.89. The largest absolute Gasteiger partial charge is 0.343 e. The Morgan fingerprint density at radius 1 is 1.17 bits per heavy atom. The fourth-order valence-electron chi connectivity index (χ4n) is 4.05. The van der Waals surface area contributed by atoms with Crippen LogP contribution in [0.1, 0.15) is 46.9 Å². The molecule has 1 fully saturated rings. The highest BCUT2D eigenvalue weighted by Crippen LogP contribution is 2.23. The maximum Gasteiger partial charge on any atom is 0.276 e. The fourth-order valence-corrected chi connectivity index (χ4v) is 4.28. The van der Waals surface area contributed by atoms with Crippen molar-refractivity contribution in [1.29, 1.82) is 0 Å². The van der Waals surface area contributed by atoms with Crippen LogP contribution in [-0.2, 0) is 11.3 Å². The molecule has 9 heteroatoms. The molecule has 3 aromatic rings. The lowest BCUT2D eigenvalue weighted by molar-refractivity contribution is -0.130. The quantitative estimate of drug-likeness (QED) is 0.550. The van der Waals surface area contributed by atoms with Crippen LogP contribution >= 0.6 is 11.6 Å². The first kappa shape index (κ1) is 24.4.